The molecule has 0 atom stereocenters. The minimum absolute atomic E-state index is 0.0596. The van der Waals surface area contributed by atoms with Crippen LogP contribution in [0, 0.1) is 0 Å². The number of carbonyl (C=O) groups is 2. The number of thioether (sulfide) groups is 1. The van der Waals surface area contributed by atoms with Gasteiger partial charge >= 0.3 is 5.69 Å². The lowest BCUT2D eigenvalue weighted by Crippen LogP contribution is -2.18. The summed E-state index contributed by atoms with van der Waals surface area (Å²) in [7, 11) is 0. The molecule has 0 aliphatic heterocycles. The van der Waals surface area contributed by atoms with E-state index in [2.05, 4.69) is 15.5 Å². The lowest BCUT2D eigenvalue weighted by molar-refractivity contribution is -0.113. The van der Waals surface area contributed by atoms with E-state index in [0.717, 1.165) is 6.42 Å². The topological polar surface area (TPSA) is 96.8 Å². The lowest BCUT2D eigenvalue weighted by atomic mass is 10.1. The van der Waals surface area contributed by atoms with Crippen LogP contribution in [0.15, 0.2) is 34.2 Å². The molecule has 23 heavy (non-hydrogen) atoms. The van der Waals surface area contributed by atoms with E-state index in [4.69, 9.17) is 0 Å². The van der Waals surface area contributed by atoms with Crippen molar-refractivity contribution in [3.63, 3.8) is 0 Å². The number of nitrogens with one attached hydrogen (secondary N) is 2. The number of hydrogen-bond acceptors (Lipinski definition) is 5. The summed E-state index contributed by atoms with van der Waals surface area (Å²) in [4.78, 5) is 34.9. The number of aromatic nitrogens is 3. The van der Waals surface area contributed by atoms with E-state index in [9.17, 15) is 14.4 Å². The van der Waals surface area contributed by atoms with Crippen LogP contribution >= 0.6 is 11.8 Å². The Kier molecular flexibility index (Phi) is 5.75. The molecular formula is C15H18N4O3S. The second-order valence-corrected chi connectivity index (χ2v) is 5.88. The van der Waals surface area contributed by atoms with Crippen LogP contribution in [0.1, 0.15) is 30.6 Å². The zero-order valence-electron chi connectivity index (χ0n) is 13.0. The zero-order valence-corrected chi connectivity index (χ0v) is 13.8. The Morgan fingerprint density at radius 2 is 2.17 bits per heavy atom. The minimum Gasteiger partial charge on any atom is -0.325 e. The molecule has 0 saturated carbocycles. The summed E-state index contributed by atoms with van der Waals surface area (Å²) in [6.45, 7) is 3.99. The normalized spacial score (nSPS) is 10.5. The average molecular weight is 334 g/mol. The Morgan fingerprint density at radius 1 is 1.39 bits per heavy atom. The zero-order chi connectivity index (χ0) is 16.8. The molecule has 0 aliphatic rings. The second kappa shape index (κ2) is 7.77. The van der Waals surface area contributed by atoms with Gasteiger partial charge in [-0.25, -0.2) is 9.89 Å². The molecule has 2 rings (SSSR count). The molecule has 0 radical (unpaired) electrons. The number of amides is 1. The summed E-state index contributed by atoms with van der Waals surface area (Å²) in [5.41, 5.74) is 0.833. The van der Waals surface area contributed by atoms with Crippen LogP contribution in [-0.2, 0) is 11.3 Å². The Morgan fingerprint density at radius 3 is 2.87 bits per heavy atom. The van der Waals surface area contributed by atoms with Crippen molar-refractivity contribution in [2.45, 2.75) is 32.0 Å². The number of benzene rings is 1. The molecule has 0 aliphatic carbocycles. The van der Waals surface area contributed by atoms with Crippen molar-refractivity contribution in [3.8, 4) is 0 Å². The molecule has 0 fully saturated rings. The molecule has 0 unspecified atom stereocenters. The maximum absolute atomic E-state index is 12.0. The molecule has 2 aromatic rings. The largest absolute Gasteiger partial charge is 0.343 e. The highest BCUT2D eigenvalue weighted by Crippen LogP contribution is 2.15. The van der Waals surface area contributed by atoms with Gasteiger partial charge in [0.2, 0.25) is 5.91 Å². The number of nitrogens with zero attached hydrogens (tertiary/aromatic N) is 2. The van der Waals surface area contributed by atoms with Gasteiger partial charge in [-0.3, -0.25) is 14.2 Å². The van der Waals surface area contributed by atoms with Crippen molar-refractivity contribution in [2.75, 3.05) is 11.1 Å². The predicted molar refractivity (Wildman–Crippen MR) is 88.9 cm³/mol. The fourth-order valence-corrected chi connectivity index (χ4v) is 2.75. The van der Waals surface area contributed by atoms with E-state index in [1.165, 1.54) is 23.3 Å². The molecule has 0 spiro atoms. The van der Waals surface area contributed by atoms with Gasteiger partial charge in [0.25, 0.3) is 0 Å². The van der Waals surface area contributed by atoms with Gasteiger partial charge < -0.3 is 5.32 Å². The van der Waals surface area contributed by atoms with Crippen molar-refractivity contribution in [1.82, 2.24) is 14.8 Å². The molecule has 7 nitrogen and oxygen atoms in total. The number of aromatic amines is 1. The monoisotopic (exact) mass is 334 g/mol. The fraction of sp³-hybridized carbons (Fsp3) is 0.333. The van der Waals surface area contributed by atoms with Crippen molar-refractivity contribution < 1.29 is 9.59 Å². The molecule has 0 saturated heterocycles. The molecule has 0 bridgehead atoms. The number of anilines is 1. The van der Waals surface area contributed by atoms with Crippen molar-refractivity contribution in [1.29, 1.82) is 0 Å². The van der Waals surface area contributed by atoms with Gasteiger partial charge in [0.15, 0.2) is 10.9 Å². The third-order valence-electron chi connectivity index (χ3n) is 3.06. The Balaban J connectivity index is 1.97. The third-order valence-corrected chi connectivity index (χ3v) is 4.03. The van der Waals surface area contributed by atoms with Gasteiger partial charge in [-0.05, 0) is 25.5 Å². The first-order valence-electron chi connectivity index (χ1n) is 7.20. The van der Waals surface area contributed by atoms with Crippen LogP contribution in [0.4, 0.5) is 5.69 Å². The summed E-state index contributed by atoms with van der Waals surface area (Å²) in [5.74, 6) is -0.164. The van der Waals surface area contributed by atoms with E-state index in [-0.39, 0.29) is 23.1 Å². The van der Waals surface area contributed by atoms with Gasteiger partial charge in [-0.2, -0.15) is 0 Å². The van der Waals surface area contributed by atoms with Gasteiger partial charge in [0, 0.05) is 17.8 Å². The molecule has 1 aromatic heterocycles. The van der Waals surface area contributed by atoms with Crippen LogP contribution in [0.3, 0.4) is 0 Å². The summed E-state index contributed by atoms with van der Waals surface area (Å²) < 4.78 is 1.51. The maximum atomic E-state index is 12.0. The molecule has 1 heterocycles. The molecular weight excluding hydrogens is 316 g/mol. The predicted octanol–water partition coefficient (Wildman–Crippen LogP) is 1.91. The molecule has 8 heteroatoms. The van der Waals surface area contributed by atoms with Gasteiger partial charge in [0.1, 0.15) is 0 Å². The van der Waals surface area contributed by atoms with Crippen molar-refractivity contribution in [2.24, 2.45) is 0 Å². The second-order valence-electron chi connectivity index (χ2n) is 4.94. The number of ketones is 1. The Labute approximate surface area is 137 Å². The van der Waals surface area contributed by atoms with E-state index >= 15 is 0 Å². The third kappa shape index (κ3) is 4.56. The van der Waals surface area contributed by atoms with Gasteiger partial charge in [-0.15, -0.1) is 5.10 Å². The number of Topliss-reactive ketones (excluding diaryl/α,β-unsaturated/α-hetero) is 1. The van der Waals surface area contributed by atoms with E-state index in [1.54, 1.807) is 24.3 Å². The highest BCUT2D eigenvalue weighted by Gasteiger charge is 2.11. The SMILES string of the molecule is CCCn1c(SCC(=O)Nc2cccc(C(C)=O)c2)n[nH]c1=O. The Hall–Kier alpha value is -2.35. The van der Waals surface area contributed by atoms with Crippen LogP contribution in [0.2, 0.25) is 0 Å². The number of carbonyl (C=O) groups excluding carboxylic acids is 2. The first kappa shape index (κ1) is 17.0. The van der Waals surface area contributed by atoms with Gasteiger partial charge in [0.05, 0.1) is 5.75 Å². The van der Waals surface area contributed by atoms with Crippen molar-refractivity contribution >= 4 is 29.1 Å². The quantitative estimate of drug-likeness (QED) is 0.595. The molecule has 1 aromatic carbocycles. The first-order valence-corrected chi connectivity index (χ1v) is 8.18. The summed E-state index contributed by atoms with van der Waals surface area (Å²) in [6.07, 6.45) is 0.803. The van der Waals surface area contributed by atoms with Crippen LogP contribution in [-0.4, -0.2) is 32.2 Å². The highest BCUT2D eigenvalue weighted by atomic mass is 32.2. The van der Waals surface area contributed by atoms with Crippen LogP contribution in [0.25, 0.3) is 0 Å². The van der Waals surface area contributed by atoms with Crippen LogP contribution in [0.5, 0.6) is 0 Å². The van der Waals surface area contributed by atoms with E-state index in [1.807, 2.05) is 6.92 Å². The van der Waals surface area contributed by atoms with Crippen LogP contribution < -0.4 is 11.0 Å². The Bertz CT molecular complexity index is 766. The minimum atomic E-state index is -0.274. The fourth-order valence-electron chi connectivity index (χ4n) is 1.98. The smallest absolute Gasteiger partial charge is 0.325 e. The summed E-state index contributed by atoms with van der Waals surface area (Å²) in [6, 6.07) is 6.76. The van der Waals surface area contributed by atoms with E-state index in [0.29, 0.717) is 23.0 Å². The number of hydrogen-bond donors (Lipinski definition) is 2. The molecule has 2 N–H and O–H groups in total. The highest BCUT2D eigenvalue weighted by molar-refractivity contribution is 7.99. The lowest BCUT2D eigenvalue weighted by Gasteiger charge is -2.06. The number of rotatable bonds is 7. The molecule has 122 valence electrons. The summed E-state index contributed by atoms with van der Waals surface area (Å²) >= 11 is 1.19. The summed E-state index contributed by atoms with van der Waals surface area (Å²) in [5, 5.41) is 9.52. The number of H-pyrrole nitrogens is 1. The van der Waals surface area contributed by atoms with Gasteiger partial charge in [-0.1, -0.05) is 30.8 Å². The molecule has 1 amide bonds. The van der Waals surface area contributed by atoms with E-state index < -0.39 is 0 Å². The average Bonchev–Trinajstić information content (AvgIpc) is 2.86. The standard InChI is InChI=1S/C15H18N4O3S/c1-3-7-19-14(22)17-18-15(19)23-9-13(21)16-12-6-4-5-11(8-12)10(2)20/h4-6,8H,3,7,9H2,1-2H3,(H,16,21)(H,17,22). The van der Waals surface area contributed by atoms with Crippen molar-refractivity contribution in [3.05, 3.63) is 40.3 Å². The maximum Gasteiger partial charge on any atom is 0.343 e. The first-order chi connectivity index (χ1) is 11.0.